The first-order valence-corrected chi connectivity index (χ1v) is 7.05. The van der Waals surface area contributed by atoms with Gasteiger partial charge in [-0.2, -0.15) is 0 Å². The van der Waals surface area contributed by atoms with E-state index < -0.39 is 0 Å². The van der Waals surface area contributed by atoms with Crippen LogP contribution < -0.4 is 10.5 Å². The van der Waals surface area contributed by atoms with E-state index in [0.717, 1.165) is 24.8 Å². The lowest BCUT2D eigenvalue weighted by Gasteiger charge is -2.20. The van der Waals surface area contributed by atoms with Crippen LogP contribution in [0.1, 0.15) is 25.8 Å². The summed E-state index contributed by atoms with van der Waals surface area (Å²) in [6.07, 6.45) is 1.27. The van der Waals surface area contributed by atoms with Crippen molar-refractivity contribution in [1.82, 2.24) is 4.90 Å². The fourth-order valence-corrected chi connectivity index (χ4v) is 2.76. The largest absolute Gasteiger partial charge is 0.492 e. The van der Waals surface area contributed by atoms with Gasteiger partial charge in [0, 0.05) is 24.7 Å². The summed E-state index contributed by atoms with van der Waals surface area (Å²) in [6.45, 7) is 7.36. The molecule has 0 aliphatic carbocycles. The van der Waals surface area contributed by atoms with Crippen LogP contribution in [0.25, 0.3) is 0 Å². The first-order valence-electron chi connectivity index (χ1n) is 7.05. The lowest BCUT2D eigenvalue weighted by Crippen LogP contribution is -2.31. The highest BCUT2D eigenvalue weighted by molar-refractivity contribution is 5.97. The lowest BCUT2D eigenvalue weighted by molar-refractivity contribution is 0.202. The monoisotopic (exact) mass is 277 g/mol. The van der Waals surface area contributed by atoms with Crippen LogP contribution in [0.2, 0.25) is 0 Å². The number of ether oxygens (including phenoxy) is 1. The van der Waals surface area contributed by atoms with Crippen molar-refractivity contribution in [1.29, 1.82) is 0 Å². The molecule has 20 heavy (non-hydrogen) atoms. The van der Waals surface area contributed by atoms with Crippen molar-refractivity contribution in [2.24, 2.45) is 16.8 Å². The van der Waals surface area contributed by atoms with Crippen LogP contribution in [-0.2, 0) is 0 Å². The van der Waals surface area contributed by atoms with E-state index in [4.69, 9.17) is 15.7 Å². The third kappa shape index (κ3) is 3.63. The molecule has 0 spiro atoms. The quantitative estimate of drug-likeness (QED) is 0.373. The van der Waals surface area contributed by atoms with Crippen LogP contribution in [-0.4, -0.2) is 41.7 Å². The molecule has 1 aliphatic rings. The molecule has 0 saturated carbocycles. The van der Waals surface area contributed by atoms with Gasteiger partial charge in [-0.15, -0.1) is 0 Å². The predicted octanol–water partition coefficient (Wildman–Crippen LogP) is 1.89. The SMILES string of the molecule is CC1CC(C)N(CCOc2ccc(/C(N)=N/O)cc2)C1. The Bertz CT molecular complexity index is 459. The van der Waals surface area contributed by atoms with E-state index in [1.165, 1.54) is 6.42 Å². The summed E-state index contributed by atoms with van der Waals surface area (Å²) >= 11 is 0. The molecule has 0 aromatic heterocycles. The maximum atomic E-state index is 8.59. The van der Waals surface area contributed by atoms with Crippen molar-refractivity contribution in [3.05, 3.63) is 29.8 Å². The normalized spacial score (nSPS) is 24.0. The number of hydrogen-bond donors (Lipinski definition) is 2. The second-order valence-electron chi connectivity index (χ2n) is 5.54. The van der Waals surface area contributed by atoms with Gasteiger partial charge in [0.1, 0.15) is 12.4 Å². The second-order valence-corrected chi connectivity index (χ2v) is 5.54. The van der Waals surface area contributed by atoms with Crippen LogP contribution in [0.15, 0.2) is 29.4 Å². The highest BCUT2D eigenvalue weighted by Gasteiger charge is 2.25. The third-order valence-electron chi connectivity index (χ3n) is 3.82. The fourth-order valence-electron chi connectivity index (χ4n) is 2.76. The number of oxime groups is 1. The van der Waals surface area contributed by atoms with Gasteiger partial charge < -0.3 is 15.7 Å². The van der Waals surface area contributed by atoms with Gasteiger partial charge in [0.15, 0.2) is 5.84 Å². The van der Waals surface area contributed by atoms with Crippen molar-refractivity contribution in [2.45, 2.75) is 26.3 Å². The van der Waals surface area contributed by atoms with Crippen molar-refractivity contribution in [3.8, 4) is 5.75 Å². The Morgan fingerprint density at radius 2 is 2.10 bits per heavy atom. The zero-order chi connectivity index (χ0) is 14.5. The molecule has 0 amide bonds. The molecule has 2 rings (SSSR count). The minimum atomic E-state index is 0.108. The maximum Gasteiger partial charge on any atom is 0.170 e. The van der Waals surface area contributed by atoms with Crippen LogP contribution in [0.3, 0.4) is 0 Å². The summed E-state index contributed by atoms with van der Waals surface area (Å²) in [5.74, 6) is 1.70. The number of nitrogens with zero attached hydrogens (tertiary/aromatic N) is 2. The van der Waals surface area contributed by atoms with Crippen molar-refractivity contribution in [3.63, 3.8) is 0 Å². The van der Waals surface area contributed by atoms with Gasteiger partial charge in [-0.1, -0.05) is 12.1 Å². The summed E-state index contributed by atoms with van der Waals surface area (Å²) < 4.78 is 5.74. The van der Waals surface area contributed by atoms with Gasteiger partial charge >= 0.3 is 0 Å². The Labute approximate surface area is 120 Å². The standard InChI is InChI=1S/C15H23N3O2/c1-11-9-12(2)18(10-11)7-8-20-14-5-3-13(4-6-14)15(16)17-19/h3-6,11-12,19H,7-10H2,1-2H3,(H2,16,17). The molecule has 1 aliphatic heterocycles. The average Bonchev–Trinajstić information content (AvgIpc) is 2.77. The third-order valence-corrected chi connectivity index (χ3v) is 3.82. The fraction of sp³-hybridized carbons (Fsp3) is 0.533. The molecule has 3 N–H and O–H groups in total. The van der Waals surface area contributed by atoms with Crippen LogP contribution in [0.5, 0.6) is 5.75 Å². The molecule has 1 fully saturated rings. The highest BCUT2D eigenvalue weighted by Crippen LogP contribution is 2.21. The average molecular weight is 277 g/mol. The van der Waals surface area contributed by atoms with Gasteiger partial charge in [0.05, 0.1) is 0 Å². The first kappa shape index (κ1) is 14.7. The van der Waals surface area contributed by atoms with Crippen molar-refractivity contribution >= 4 is 5.84 Å². The summed E-state index contributed by atoms with van der Waals surface area (Å²) in [4.78, 5) is 2.47. The Morgan fingerprint density at radius 3 is 2.65 bits per heavy atom. The number of rotatable bonds is 5. The van der Waals surface area contributed by atoms with E-state index in [1.54, 1.807) is 12.1 Å². The maximum absolute atomic E-state index is 8.59. The van der Waals surface area contributed by atoms with Gasteiger partial charge in [-0.05, 0) is 43.5 Å². The number of likely N-dealkylation sites (tertiary alicyclic amines) is 1. The molecule has 1 saturated heterocycles. The number of amidine groups is 1. The Kier molecular flexibility index (Phi) is 4.84. The minimum Gasteiger partial charge on any atom is -0.492 e. The molecule has 0 radical (unpaired) electrons. The van der Waals surface area contributed by atoms with Crippen LogP contribution >= 0.6 is 0 Å². The second kappa shape index (κ2) is 6.61. The molecule has 1 aromatic carbocycles. The lowest BCUT2D eigenvalue weighted by atomic mass is 10.1. The minimum absolute atomic E-state index is 0.108. The first-order chi connectivity index (χ1) is 9.60. The molecular weight excluding hydrogens is 254 g/mol. The van der Waals surface area contributed by atoms with E-state index in [1.807, 2.05) is 12.1 Å². The number of benzene rings is 1. The van der Waals surface area contributed by atoms with Crippen molar-refractivity contribution in [2.75, 3.05) is 19.7 Å². The predicted molar refractivity (Wildman–Crippen MR) is 79.3 cm³/mol. The summed E-state index contributed by atoms with van der Waals surface area (Å²) in [7, 11) is 0. The molecule has 2 unspecified atom stereocenters. The molecule has 1 aromatic rings. The van der Waals surface area contributed by atoms with Crippen LogP contribution in [0, 0.1) is 5.92 Å². The zero-order valence-electron chi connectivity index (χ0n) is 12.1. The summed E-state index contributed by atoms with van der Waals surface area (Å²) in [5.41, 5.74) is 6.19. The number of hydrogen-bond acceptors (Lipinski definition) is 4. The van der Waals surface area contributed by atoms with E-state index in [9.17, 15) is 0 Å². The van der Waals surface area contributed by atoms with Crippen molar-refractivity contribution < 1.29 is 9.94 Å². The molecule has 2 atom stereocenters. The summed E-state index contributed by atoms with van der Waals surface area (Å²) in [5, 5.41) is 11.6. The Hall–Kier alpha value is -1.75. The van der Waals surface area contributed by atoms with E-state index in [2.05, 4.69) is 23.9 Å². The topological polar surface area (TPSA) is 71.1 Å². The Balaban J connectivity index is 1.80. The molecule has 110 valence electrons. The van der Waals surface area contributed by atoms with E-state index >= 15 is 0 Å². The Morgan fingerprint density at radius 1 is 1.40 bits per heavy atom. The molecule has 5 heteroatoms. The van der Waals surface area contributed by atoms with Gasteiger partial charge in [0.25, 0.3) is 0 Å². The highest BCUT2D eigenvalue weighted by atomic mass is 16.5. The van der Waals surface area contributed by atoms with E-state index in [0.29, 0.717) is 18.2 Å². The molecular formula is C15H23N3O2. The van der Waals surface area contributed by atoms with Gasteiger partial charge in [0.2, 0.25) is 0 Å². The smallest absolute Gasteiger partial charge is 0.170 e. The van der Waals surface area contributed by atoms with Gasteiger partial charge in [-0.3, -0.25) is 4.90 Å². The zero-order valence-corrected chi connectivity index (χ0v) is 12.1. The molecule has 1 heterocycles. The van der Waals surface area contributed by atoms with Crippen LogP contribution in [0.4, 0.5) is 0 Å². The van der Waals surface area contributed by atoms with Gasteiger partial charge in [-0.25, -0.2) is 0 Å². The summed E-state index contributed by atoms with van der Waals surface area (Å²) in [6, 6.07) is 7.89. The number of nitrogens with two attached hydrogens (primary N) is 1. The molecule has 5 nitrogen and oxygen atoms in total. The van der Waals surface area contributed by atoms with E-state index in [-0.39, 0.29) is 5.84 Å². The molecule has 0 bridgehead atoms.